The maximum absolute atomic E-state index is 13.5. The van der Waals surface area contributed by atoms with Crippen LogP contribution in [-0.4, -0.2) is 17.0 Å². The van der Waals surface area contributed by atoms with Crippen LogP contribution in [0.1, 0.15) is 19.8 Å². The molecule has 1 aliphatic rings. The Labute approximate surface area is 107 Å². The second-order valence-corrected chi connectivity index (χ2v) is 5.80. The molecule has 1 heterocycles. The fraction of sp³-hybridized carbons (Fsp3) is 0.500. The third-order valence-corrected chi connectivity index (χ3v) is 4.43. The van der Waals surface area contributed by atoms with Crippen molar-refractivity contribution in [2.75, 3.05) is 11.1 Å². The largest absolute Gasteiger partial charge is 0.376 e. The standard InChI is InChI=1S/C12H13F4NS/c1-6-9(3-2-4-18-6)17-12-10(15)7(13)5-8(14)11(12)16/h5-6,9,17H,2-4H2,1H3. The summed E-state index contributed by atoms with van der Waals surface area (Å²) < 4.78 is 53.0. The SMILES string of the molecule is CC1SCCCC1Nc1c(F)c(F)cc(F)c1F. The molecule has 1 aromatic rings. The van der Waals surface area contributed by atoms with E-state index in [2.05, 4.69) is 5.32 Å². The zero-order chi connectivity index (χ0) is 13.3. The van der Waals surface area contributed by atoms with Crippen LogP contribution in [-0.2, 0) is 0 Å². The lowest BCUT2D eigenvalue weighted by atomic mass is 10.1. The van der Waals surface area contributed by atoms with Crippen LogP contribution in [0.25, 0.3) is 0 Å². The van der Waals surface area contributed by atoms with Crippen molar-refractivity contribution in [3.63, 3.8) is 0 Å². The number of nitrogens with one attached hydrogen (secondary N) is 1. The number of halogens is 4. The predicted molar refractivity (Wildman–Crippen MR) is 64.8 cm³/mol. The first-order chi connectivity index (χ1) is 8.50. The van der Waals surface area contributed by atoms with Crippen molar-refractivity contribution in [3.05, 3.63) is 29.3 Å². The van der Waals surface area contributed by atoms with E-state index in [-0.39, 0.29) is 17.4 Å². The van der Waals surface area contributed by atoms with Crippen molar-refractivity contribution in [2.24, 2.45) is 0 Å². The van der Waals surface area contributed by atoms with Crippen LogP contribution < -0.4 is 5.32 Å². The van der Waals surface area contributed by atoms with Gasteiger partial charge in [0.2, 0.25) is 0 Å². The highest BCUT2D eigenvalue weighted by atomic mass is 32.2. The number of anilines is 1. The van der Waals surface area contributed by atoms with Crippen LogP contribution in [0, 0.1) is 23.3 Å². The Kier molecular flexibility index (Phi) is 4.04. The average Bonchev–Trinajstić information content (AvgIpc) is 2.34. The zero-order valence-corrected chi connectivity index (χ0v) is 10.6. The van der Waals surface area contributed by atoms with Gasteiger partial charge in [0.1, 0.15) is 5.69 Å². The molecule has 0 saturated carbocycles. The van der Waals surface area contributed by atoms with Gasteiger partial charge in [-0.1, -0.05) is 6.92 Å². The van der Waals surface area contributed by atoms with Gasteiger partial charge in [-0.2, -0.15) is 11.8 Å². The van der Waals surface area contributed by atoms with Crippen molar-refractivity contribution in [3.8, 4) is 0 Å². The van der Waals surface area contributed by atoms with Crippen LogP contribution in [0.2, 0.25) is 0 Å². The van der Waals surface area contributed by atoms with E-state index in [1.54, 1.807) is 11.8 Å². The van der Waals surface area contributed by atoms with Gasteiger partial charge in [0.05, 0.1) is 0 Å². The summed E-state index contributed by atoms with van der Waals surface area (Å²) >= 11 is 1.67. The highest BCUT2D eigenvalue weighted by Gasteiger charge is 2.26. The molecule has 0 radical (unpaired) electrons. The van der Waals surface area contributed by atoms with Crippen molar-refractivity contribution in [1.29, 1.82) is 0 Å². The molecule has 1 aliphatic heterocycles. The third kappa shape index (κ3) is 2.58. The highest BCUT2D eigenvalue weighted by Crippen LogP contribution is 2.31. The van der Waals surface area contributed by atoms with E-state index in [4.69, 9.17) is 0 Å². The maximum atomic E-state index is 13.5. The van der Waals surface area contributed by atoms with Gasteiger partial charge in [0.25, 0.3) is 0 Å². The van der Waals surface area contributed by atoms with Gasteiger partial charge in [-0.05, 0) is 18.6 Å². The second-order valence-electron chi connectivity index (χ2n) is 4.31. The molecule has 2 atom stereocenters. The first kappa shape index (κ1) is 13.5. The summed E-state index contributed by atoms with van der Waals surface area (Å²) in [5.74, 6) is -4.50. The van der Waals surface area contributed by atoms with E-state index in [9.17, 15) is 17.6 Å². The third-order valence-electron chi connectivity index (χ3n) is 3.05. The molecule has 0 amide bonds. The molecule has 6 heteroatoms. The molecule has 0 spiro atoms. The molecule has 1 fully saturated rings. The van der Waals surface area contributed by atoms with E-state index < -0.39 is 29.0 Å². The van der Waals surface area contributed by atoms with Crippen LogP contribution in [0.5, 0.6) is 0 Å². The first-order valence-corrected chi connectivity index (χ1v) is 6.76. The Morgan fingerprint density at radius 2 is 1.78 bits per heavy atom. The number of benzene rings is 1. The normalized spacial score (nSPS) is 24.1. The molecule has 1 saturated heterocycles. The Bertz CT molecular complexity index is 426. The summed E-state index contributed by atoms with van der Waals surface area (Å²) in [6.07, 6.45) is 1.64. The minimum absolute atomic E-state index is 0.142. The van der Waals surface area contributed by atoms with E-state index >= 15 is 0 Å². The molecule has 0 aliphatic carbocycles. The molecular formula is C12H13F4NS. The highest BCUT2D eigenvalue weighted by molar-refractivity contribution is 8.00. The smallest absolute Gasteiger partial charge is 0.185 e. The molecule has 1 nitrogen and oxygen atoms in total. The van der Waals surface area contributed by atoms with Gasteiger partial charge in [0.15, 0.2) is 23.3 Å². The predicted octanol–water partition coefficient (Wildman–Crippen LogP) is 3.94. The maximum Gasteiger partial charge on any atom is 0.185 e. The Balaban J connectivity index is 2.28. The fourth-order valence-electron chi connectivity index (χ4n) is 2.00. The number of thioether (sulfide) groups is 1. The van der Waals surface area contributed by atoms with Crippen LogP contribution >= 0.6 is 11.8 Å². The van der Waals surface area contributed by atoms with Crippen LogP contribution in [0.15, 0.2) is 6.07 Å². The zero-order valence-electron chi connectivity index (χ0n) is 9.77. The van der Waals surface area contributed by atoms with Crippen molar-refractivity contribution in [1.82, 2.24) is 0 Å². The van der Waals surface area contributed by atoms with Gasteiger partial charge < -0.3 is 5.32 Å². The summed E-state index contributed by atoms with van der Waals surface area (Å²) in [5.41, 5.74) is -0.702. The lowest BCUT2D eigenvalue weighted by Crippen LogP contribution is -2.33. The van der Waals surface area contributed by atoms with E-state index in [0.717, 1.165) is 18.6 Å². The van der Waals surface area contributed by atoms with Crippen molar-refractivity contribution in [2.45, 2.75) is 31.1 Å². The van der Waals surface area contributed by atoms with E-state index in [1.807, 2.05) is 6.92 Å². The van der Waals surface area contributed by atoms with Gasteiger partial charge in [-0.15, -0.1) is 0 Å². The van der Waals surface area contributed by atoms with Gasteiger partial charge in [-0.25, -0.2) is 17.6 Å². The first-order valence-electron chi connectivity index (χ1n) is 5.72. The van der Waals surface area contributed by atoms with Crippen molar-refractivity contribution < 1.29 is 17.6 Å². The molecule has 0 aromatic heterocycles. The minimum atomic E-state index is -1.38. The molecule has 18 heavy (non-hydrogen) atoms. The quantitative estimate of drug-likeness (QED) is 0.650. The summed E-state index contributed by atoms with van der Waals surface area (Å²) in [5, 5.41) is 2.74. The summed E-state index contributed by atoms with van der Waals surface area (Å²) in [7, 11) is 0. The number of hydrogen-bond donors (Lipinski definition) is 1. The van der Waals surface area contributed by atoms with Gasteiger partial charge in [-0.3, -0.25) is 0 Å². The van der Waals surface area contributed by atoms with E-state index in [1.165, 1.54) is 0 Å². The molecule has 1 aromatic carbocycles. The summed E-state index contributed by atoms with van der Waals surface area (Å²) in [6, 6.07) is 0.0310. The minimum Gasteiger partial charge on any atom is -0.376 e. The average molecular weight is 279 g/mol. The second kappa shape index (κ2) is 5.38. The molecular weight excluding hydrogens is 266 g/mol. The van der Waals surface area contributed by atoms with Crippen molar-refractivity contribution >= 4 is 17.4 Å². The molecule has 1 N–H and O–H groups in total. The van der Waals surface area contributed by atoms with E-state index in [0.29, 0.717) is 0 Å². The lowest BCUT2D eigenvalue weighted by molar-refractivity contribution is 0.454. The van der Waals surface area contributed by atoms with Crippen LogP contribution in [0.4, 0.5) is 23.2 Å². The fourth-order valence-corrected chi connectivity index (χ4v) is 3.14. The van der Waals surface area contributed by atoms with Crippen LogP contribution in [0.3, 0.4) is 0 Å². The molecule has 2 unspecified atom stereocenters. The topological polar surface area (TPSA) is 12.0 Å². The number of rotatable bonds is 2. The summed E-state index contributed by atoms with van der Waals surface area (Å²) in [4.78, 5) is 0. The number of hydrogen-bond acceptors (Lipinski definition) is 2. The molecule has 2 rings (SSSR count). The Morgan fingerprint density at radius 1 is 1.17 bits per heavy atom. The summed E-state index contributed by atoms with van der Waals surface area (Å²) in [6.45, 7) is 1.92. The van der Waals surface area contributed by atoms with Gasteiger partial charge >= 0.3 is 0 Å². The molecule has 0 bridgehead atoms. The molecule has 100 valence electrons. The monoisotopic (exact) mass is 279 g/mol. The Hall–Kier alpha value is -0.910. The van der Waals surface area contributed by atoms with Gasteiger partial charge in [0, 0.05) is 17.4 Å². The Morgan fingerprint density at radius 3 is 2.33 bits per heavy atom. The lowest BCUT2D eigenvalue weighted by Gasteiger charge is -2.30.